The molecule has 27 heavy (non-hydrogen) atoms. The largest absolute Gasteiger partial charge is 0.383 e. The molecule has 9 heteroatoms. The number of hydrogen-bond donors (Lipinski definition) is 2. The number of thiazole rings is 1. The van der Waals surface area contributed by atoms with E-state index in [9.17, 15) is 4.79 Å². The third kappa shape index (κ3) is 4.14. The average Bonchev–Trinajstić information content (AvgIpc) is 3.10. The summed E-state index contributed by atoms with van der Waals surface area (Å²) in [5, 5.41) is 1.55. The number of piperidine rings is 1. The Morgan fingerprint density at radius 2 is 2.00 bits per heavy atom. The molecule has 1 fully saturated rings. The first-order valence-electron chi connectivity index (χ1n) is 8.74. The molecule has 0 bridgehead atoms. The van der Waals surface area contributed by atoms with Crippen LogP contribution in [0.25, 0.3) is 10.2 Å². The molecule has 0 saturated carbocycles. The first-order valence-corrected chi connectivity index (χ1v) is 10.5. The zero-order valence-electron chi connectivity index (χ0n) is 14.7. The lowest BCUT2D eigenvalue weighted by Crippen LogP contribution is -2.40. The second-order valence-electron chi connectivity index (χ2n) is 6.49. The second kappa shape index (κ2) is 7.69. The monoisotopic (exact) mass is 400 g/mol. The van der Waals surface area contributed by atoms with Crippen LogP contribution in [0, 0.1) is 0 Å². The van der Waals surface area contributed by atoms with E-state index in [1.807, 2.05) is 23.1 Å². The fourth-order valence-electron chi connectivity index (χ4n) is 3.21. The summed E-state index contributed by atoms with van der Waals surface area (Å²) in [6.07, 6.45) is 2.05. The first-order chi connectivity index (χ1) is 13.1. The van der Waals surface area contributed by atoms with Gasteiger partial charge in [0, 0.05) is 25.1 Å². The van der Waals surface area contributed by atoms with Gasteiger partial charge in [-0.2, -0.15) is 0 Å². The molecule has 1 amide bonds. The molecule has 1 aliphatic heterocycles. The summed E-state index contributed by atoms with van der Waals surface area (Å²) in [4.78, 5) is 27.6. The van der Waals surface area contributed by atoms with Crippen LogP contribution in [0.3, 0.4) is 0 Å². The molecule has 3 aromatic rings. The minimum absolute atomic E-state index is 0.0791. The fraction of sp³-hybridized carbons (Fsp3) is 0.333. The Labute approximate surface area is 165 Å². The number of benzene rings is 1. The van der Waals surface area contributed by atoms with E-state index in [-0.39, 0.29) is 11.7 Å². The van der Waals surface area contributed by atoms with E-state index in [0.717, 1.165) is 29.9 Å². The molecule has 1 aliphatic rings. The summed E-state index contributed by atoms with van der Waals surface area (Å²) in [6.45, 7) is 1.49. The topological polar surface area (TPSA) is 111 Å². The maximum absolute atomic E-state index is 12.7. The number of nitrogen functional groups attached to an aromatic ring is 2. The standard InChI is InChI=1S/C18H20N6OS2/c19-14-8-15(20)23-18(22-14)26-10-16(25)24-7-3-4-11(9-24)17-21-12-5-1-2-6-13(12)27-17/h1-2,5-6,8,11H,3-4,7,9-10H2,(H4,19,20,22,23)/t11-/m1/s1. The van der Waals surface area contributed by atoms with Crippen molar-refractivity contribution < 1.29 is 4.79 Å². The highest BCUT2D eigenvalue weighted by Crippen LogP contribution is 2.33. The van der Waals surface area contributed by atoms with Crippen molar-refractivity contribution in [2.75, 3.05) is 30.3 Å². The molecule has 4 N–H and O–H groups in total. The van der Waals surface area contributed by atoms with Gasteiger partial charge in [-0.1, -0.05) is 23.9 Å². The molecule has 7 nitrogen and oxygen atoms in total. The van der Waals surface area contributed by atoms with Crippen molar-refractivity contribution in [3.63, 3.8) is 0 Å². The predicted octanol–water partition coefficient (Wildman–Crippen LogP) is 2.75. The highest BCUT2D eigenvalue weighted by atomic mass is 32.2. The van der Waals surface area contributed by atoms with Gasteiger partial charge in [0.2, 0.25) is 5.91 Å². The molecule has 0 spiro atoms. The number of hydrogen-bond acceptors (Lipinski definition) is 8. The van der Waals surface area contributed by atoms with Crippen molar-refractivity contribution in [2.45, 2.75) is 23.9 Å². The Morgan fingerprint density at radius 3 is 2.78 bits per heavy atom. The van der Waals surface area contributed by atoms with Crippen molar-refractivity contribution in [1.82, 2.24) is 19.9 Å². The number of carbonyl (C=O) groups is 1. The van der Waals surface area contributed by atoms with Crippen LogP contribution in [0.15, 0.2) is 35.5 Å². The number of para-hydroxylation sites is 1. The number of thioether (sulfide) groups is 1. The number of likely N-dealkylation sites (tertiary alicyclic amines) is 1. The van der Waals surface area contributed by atoms with Gasteiger partial charge in [0.05, 0.1) is 21.0 Å². The van der Waals surface area contributed by atoms with Crippen LogP contribution >= 0.6 is 23.1 Å². The minimum Gasteiger partial charge on any atom is -0.383 e. The number of rotatable bonds is 4. The molecule has 4 rings (SSSR count). The molecule has 1 atom stereocenters. The number of nitrogens with zero attached hydrogens (tertiary/aromatic N) is 4. The molecule has 140 valence electrons. The number of anilines is 2. The van der Waals surface area contributed by atoms with E-state index >= 15 is 0 Å². The number of amides is 1. The third-order valence-corrected chi connectivity index (χ3v) is 6.53. The van der Waals surface area contributed by atoms with Gasteiger partial charge in [-0.15, -0.1) is 11.3 Å². The summed E-state index contributed by atoms with van der Waals surface area (Å²) in [6, 6.07) is 9.67. The van der Waals surface area contributed by atoms with Gasteiger partial charge >= 0.3 is 0 Å². The van der Waals surface area contributed by atoms with Crippen molar-refractivity contribution in [3.8, 4) is 0 Å². The van der Waals surface area contributed by atoms with Crippen LogP contribution in [-0.2, 0) is 4.79 Å². The normalized spacial score (nSPS) is 17.3. The lowest BCUT2D eigenvalue weighted by molar-refractivity contribution is -0.129. The van der Waals surface area contributed by atoms with Gasteiger partial charge in [0.15, 0.2) is 5.16 Å². The molecule has 1 aromatic carbocycles. The van der Waals surface area contributed by atoms with Gasteiger partial charge in [0.1, 0.15) is 11.6 Å². The van der Waals surface area contributed by atoms with Crippen LogP contribution in [-0.4, -0.2) is 44.6 Å². The van der Waals surface area contributed by atoms with Crippen LogP contribution in [0.4, 0.5) is 11.6 Å². The van der Waals surface area contributed by atoms with Gasteiger partial charge in [-0.05, 0) is 25.0 Å². The second-order valence-corrected chi connectivity index (χ2v) is 8.49. The molecule has 0 unspecified atom stereocenters. The van der Waals surface area contributed by atoms with Gasteiger partial charge < -0.3 is 16.4 Å². The fourth-order valence-corrected chi connectivity index (χ4v) is 5.08. The maximum Gasteiger partial charge on any atom is 0.233 e. The number of aromatic nitrogens is 3. The summed E-state index contributed by atoms with van der Waals surface area (Å²) >= 11 is 2.99. The van der Waals surface area contributed by atoms with Gasteiger partial charge in [-0.3, -0.25) is 4.79 Å². The minimum atomic E-state index is 0.0791. The lowest BCUT2D eigenvalue weighted by Gasteiger charge is -2.31. The maximum atomic E-state index is 12.7. The van der Waals surface area contributed by atoms with Gasteiger partial charge in [-0.25, -0.2) is 15.0 Å². The lowest BCUT2D eigenvalue weighted by atomic mass is 9.99. The van der Waals surface area contributed by atoms with E-state index in [1.165, 1.54) is 22.5 Å². The number of carbonyl (C=O) groups excluding carboxylic acids is 1. The van der Waals surface area contributed by atoms with E-state index in [1.54, 1.807) is 11.3 Å². The van der Waals surface area contributed by atoms with Crippen molar-refractivity contribution in [1.29, 1.82) is 0 Å². The molecular weight excluding hydrogens is 380 g/mol. The summed E-state index contributed by atoms with van der Waals surface area (Å²) in [5.41, 5.74) is 12.4. The summed E-state index contributed by atoms with van der Waals surface area (Å²) < 4.78 is 1.20. The van der Waals surface area contributed by atoms with Crippen molar-refractivity contribution >= 4 is 50.9 Å². The molecule has 0 radical (unpaired) electrons. The van der Waals surface area contributed by atoms with Crippen LogP contribution in [0.1, 0.15) is 23.8 Å². The Balaban J connectivity index is 1.40. The molecule has 3 heterocycles. The SMILES string of the molecule is Nc1cc(N)nc(SCC(=O)N2CCC[C@@H](c3nc4ccccc4s3)C2)n1. The average molecular weight is 401 g/mol. The van der Waals surface area contributed by atoms with Gasteiger partial charge in [0.25, 0.3) is 0 Å². The Bertz CT molecular complexity index is 922. The Hall–Kier alpha value is -2.39. The van der Waals surface area contributed by atoms with Crippen LogP contribution < -0.4 is 11.5 Å². The third-order valence-electron chi connectivity index (χ3n) is 4.50. The molecule has 2 aromatic heterocycles. The first kappa shape index (κ1) is 18.0. The van der Waals surface area contributed by atoms with Crippen molar-refractivity contribution in [2.24, 2.45) is 0 Å². The van der Waals surface area contributed by atoms with E-state index in [4.69, 9.17) is 16.5 Å². The van der Waals surface area contributed by atoms with E-state index in [0.29, 0.717) is 29.3 Å². The van der Waals surface area contributed by atoms with Crippen LogP contribution in [0.5, 0.6) is 0 Å². The zero-order chi connectivity index (χ0) is 18.8. The molecular formula is C18H20N6OS2. The van der Waals surface area contributed by atoms with E-state index < -0.39 is 0 Å². The Kier molecular flexibility index (Phi) is 5.13. The smallest absolute Gasteiger partial charge is 0.233 e. The predicted molar refractivity (Wildman–Crippen MR) is 110 cm³/mol. The quantitative estimate of drug-likeness (QED) is 0.511. The number of fused-ring (bicyclic) bond motifs is 1. The summed E-state index contributed by atoms with van der Waals surface area (Å²) in [7, 11) is 0. The van der Waals surface area contributed by atoms with Crippen molar-refractivity contribution in [3.05, 3.63) is 35.3 Å². The highest BCUT2D eigenvalue weighted by Gasteiger charge is 2.27. The number of nitrogens with two attached hydrogens (primary N) is 2. The summed E-state index contributed by atoms with van der Waals surface area (Å²) in [5.74, 6) is 1.27. The molecule has 1 saturated heterocycles. The Morgan fingerprint density at radius 1 is 1.22 bits per heavy atom. The van der Waals surface area contributed by atoms with E-state index in [2.05, 4.69) is 16.0 Å². The zero-order valence-corrected chi connectivity index (χ0v) is 16.3. The molecule has 0 aliphatic carbocycles. The highest BCUT2D eigenvalue weighted by molar-refractivity contribution is 7.99. The van der Waals surface area contributed by atoms with Crippen LogP contribution in [0.2, 0.25) is 0 Å².